The number of aryl methyl sites for hydroxylation is 1. The van der Waals surface area contributed by atoms with Crippen LogP contribution in [-0.2, 0) is 9.47 Å². The molecule has 1 N–H and O–H groups in total. The number of nitrogens with zero attached hydrogens (tertiary/aromatic N) is 1. The van der Waals surface area contributed by atoms with E-state index < -0.39 is 11.9 Å². The molecular weight excluding hydrogens is 336 g/mol. The molecule has 0 bridgehead atoms. The summed E-state index contributed by atoms with van der Waals surface area (Å²) in [6.45, 7) is 3.74. The highest BCUT2D eigenvalue weighted by molar-refractivity contribution is 6.15. The first-order valence-corrected chi connectivity index (χ1v) is 8.05. The number of fused-ring (bicyclic) bond motifs is 1. The number of hydrogen-bond donors (Lipinski definition) is 1. The largest absolute Gasteiger partial charge is 0.465 e. The number of H-pyrrole nitrogens is 1. The molecule has 0 amide bonds. The number of aromatic amines is 1. The molecule has 1 aromatic carbocycles. The molecule has 0 aliphatic carbocycles. The van der Waals surface area contributed by atoms with E-state index in [9.17, 15) is 9.59 Å². The maximum absolute atomic E-state index is 12.6. The van der Waals surface area contributed by atoms with Gasteiger partial charge in [0.1, 0.15) is 5.56 Å². The van der Waals surface area contributed by atoms with Crippen LogP contribution in [0.25, 0.3) is 10.9 Å². The molecule has 7 nitrogen and oxygen atoms in total. The predicted molar refractivity (Wildman–Crippen MR) is 94.6 cm³/mol. The average molecular weight is 354 g/mol. The second-order valence-electron chi connectivity index (χ2n) is 5.55. The minimum Gasteiger partial charge on any atom is -0.465 e. The lowest BCUT2D eigenvalue weighted by Gasteiger charge is -2.07. The van der Waals surface area contributed by atoms with Gasteiger partial charge in [-0.1, -0.05) is 6.07 Å². The number of hydrogen-bond acceptors (Lipinski definition) is 6. The molecule has 0 aliphatic rings. The quantitative estimate of drug-likeness (QED) is 0.704. The van der Waals surface area contributed by atoms with Gasteiger partial charge < -0.3 is 19.2 Å². The van der Waals surface area contributed by atoms with Crippen molar-refractivity contribution in [1.82, 2.24) is 9.97 Å². The fraction of sp³-hybridized carbons (Fsp3) is 0.211. The molecule has 0 spiro atoms. The molecule has 7 heteroatoms. The van der Waals surface area contributed by atoms with E-state index in [1.165, 1.54) is 7.11 Å². The van der Waals surface area contributed by atoms with Crippen molar-refractivity contribution >= 4 is 22.8 Å². The minimum atomic E-state index is -0.598. The standard InChI is InChI=1S/C19H18N2O5/c1-4-25-19(23)16-15-12(18(22)24-3)9-11(2)10-13(15)21-17(16)26-14-7-5-6-8-20-14/h5-10,21H,4H2,1-3H3. The van der Waals surface area contributed by atoms with Crippen LogP contribution in [0.5, 0.6) is 11.8 Å². The highest BCUT2D eigenvalue weighted by atomic mass is 16.5. The van der Waals surface area contributed by atoms with Crippen LogP contribution in [0.4, 0.5) is 0 Å². The molecule has 0 aliphatic heterocycles. The van der Waals surface area contributed by atoms with Crippen molar-refractivity contribution in [2.75, 3.05) is 13.7 Å². The Hall–Kier alpha value is -3.35. The van der Waals surface area contributed by atoms with Crippen LogP contribution in [0, 0.1) is 6.92 Å². The number of carbonyl (C=O) groups is 2. The first-order valence-electron chi connectivity index (χ1n) is 8.05. The lowest BCUT2D eigenvalue weighted by atomic mass is 10.0. The van der Waals surface area contributed by atoms with Gasteiger partial charge in [-0.3, -0.25) is 0 Å². The summed E-state index contributed by atoms with van der Waals surface area (Å²) in [6.07, 6.45) is 1.58. The number of pyridine rings is 1. The number of methoxy groups -OCH3 is 1. The van der Waals surface area contributed by atoms with Crippen LogP contribution in [0.1, 0.15) is 33.2 Å². The highest BCUT2D eigenvalue weighted by Crippen LogP contribution is 2.34. The zero-order valence-electron chi connectivity index (χ0n) is 14.7. The molecular formula is C19H18N2O5. The van der Waals surface area contributed by atoms with E-state index in [1.54, 1.807) is 37.4 Å². The summed E-state index contributed by atoms with van der Waals surface area (Å²) in [7, 11) is 1.29. The summed E-state index contributed by atoms with van der Waals surface area (Å²) in [5.74, 6) is -0.680. The Kier molecular flexibility index (Phi) is 4.88. The lowest BCUT2D eigenvalue weighted by molar-refractivity contribution is 0.0525. The summed E-state index contributed by atoms with van der Waals surface area (Å²) < 4.78 is 15.8. The van der Waals surface area contributed by atoms with Gasteiger partial charge in [-0.05, 0) is 37.6 Å². The Morgan fingerprint density at radius 3 is 2.65 bits per heavy atom. The molecule has 3 aromatic rings. The second-order valence-corrected chi connectivity index (χ2v) is 5.55. The van der Waals surface area contributed by atoms with Crippen molar-refractivity contribution in [3.05, 3.63) is 53.2 Å². The first-order chi connectivity index (χ1) is 12.5. The number of rotatable bonds is 5. The van der Waals surface area contributed by atoms with Gasteiger partial charge in [0.05, 0.1) is 24.8 Å². The van der Waals surface area contributed by atoms with Gasteiger partial charge in [0, 0.05) is 17.6 Å². The Labute approximate surface area is 149 Å². The van der Waals surface area contributed by atoms with Gasteiger partial charge in [-0.25, -0.2) is 14.6 Å². The van der Waals surface area contributed by atoms with E-state index in [2.05, 4.69) is 9.97 Å². The molecule has 2 heterocycles. The van der Waals surface area contributed by atoms with Gasteiger partial charge in [-0.15, -0.1) is 0 Å². The molecule has 3 rings (SSSR count). The third-order valence-corrected chi connectivity index (χ3v) is 3.74. The Bertz CT molecular complexity index is 963. The molecule has 0 saturated heterocycles. The SMILES string of the molecule is CCOC(=O)c1c(Oc2ccccn2)[nH]c2cc(C)cc(C(=O)OC)c12. The van der Waals surface area contributed by atoms with Crippen molar-refractivity contribution in [2.24, 2.45) is 0 Å². The van der Waals surface area contributed by atoms with E-state index in [4.69, 9.17) is 14.2 Å². The Morgan fingerprint density at radius 2 is 2.00 bits per heavy atom. The number of nitrogens with one attached hydrogen (secondary N) is 1. The number of ether oxygens (including phenoxy) is 3. The van der Waals surface area contributed by atoms with Crippen molar-refractivity contribution in [2.45, 2.75) is 13.8 Å². The van der Waals surface area contributed by atoms with Crippen LogP contribution in [-0.4, -0.2) is 35.6 Å². The molecule has 0 unspecified atom stereocenters. The van der Waals surface area contributed by atoms with E-state index in [-0.39, 0.29) is 23.6 Å². The van der Waals surface area contributed by atoms with Crippen LogP contribution in [0.2, 0.25) is 0 Å². The van der Waals surface area contributed by atoms with Crippen LogP contribution in [0.3, 0.4) is 0 Å². The fourth-order valence-corrected chi connectivity index (χ4v) is 2.71. The summed E-state index contributed by atoms with van der Waals surface area (Å²) in [5.41, 5.74) is 1.80. The maximum atomic E-state index is 12.6. The summed E-state index contributed by atoms with van der Waals surface area (Å²) in [6, 6.07) is 8.65. The predicted octanol–water partition coefficient (Wildman–Crippen LogP) is 3.63. The third kappa shape index (κ3) is 3.23. The minimum absolute atomic E-state index is 0.132. The molecule has 0 radical (unpaired) electrons. The van der Waals surface area contributed by atoms with Gasteiger partial charge in [-0.2, -0.15) is 0 Å². The smallest absolute Gasteiger partial charge is 0.344 e. The van der Waals surface area contributed by atoms with E-state index in [1.807, 2.05) is 13.0 Å². The topological polar surface area (TPSA) is 90.5 Å². The van der Waals surface area contributed by atoms with E-state index >= 15 is 0 Å². The van der Waals surface area contributed by atoms with Gasteiger partial charge in [0.15, 0.2) is 0 Å². The normalized spacial score (nSPS) is 10.6. The Morgan fingerprint density at radius 1 is 1.19 bits per heavy atom. The molecule has 0 saturated carbocycles. The second kappa shape index (κ2) is 7.26. The van der Waals surface area contributed by atoms with Gasteiger partial charge in [0.2, 0.25) is 11.8 Å². The molecule has 26 heavy (non-hydrogen) atoms. The van der Waals surface area contributed by atoms with Crippen molar-refractivity contribution in [1.29, 1.82) is 0 Å². The van der Waals surface area contributed by atoms with Crippen molar-refractivity contribution in [3.8, 4) is 11.8 Å². The zero-order valence-corrected chi connectivity index (χ0v) is 14.7. The zero-order chi connectivity index (χ0) is 18.7. The van der Waals surface area contributed by atoms with Crippen molar-refractivity contribution < 1.29 is 23.8 Å². The summed E-state index contributed by atoms with van der Waals surface area (Å²) in [4.78, 5) is 32.0. The molecule has 0 fully saturated rings. The van der Waals surface area contributed by atoms with Gasteiger partial charge >= 0.3 is 11.9 Å². The molecule has 0 atom stereocenters. The fourth-order valence-electron chi connectivity index (χ4n) is 2.71. The van der Waals surface area contributed by atoms with E-state index in [0.717, 1.165) is 5.56 Å². The van der Waals surface area contributed by atoms with Crippen LogP contribution < -0.4 is 4.74 Å². The van der Waals surface area contributed by atoms with Crippen LogP contribution in [0.15, 0.2) is 36.5 Å². The number of benzene rings is 1. The lowest BCUT2D eigenvalue weighted by Crippen LogP contribution is -2.09. The first kappa shape index (κ1) is 17.5. The molecule has 2 aromatic heterocycles. The number of esters is 2. The van der Waals surface area contributed by atoms with Crippen molar-refractivity contribution in [3.63, 3.8) is 0 Å². The van der Waals surface area contributed by atoms with Crippen LogP contribution >= 0.6 is 0 Å². The maximum Gasteiger partial charge on any atom is 0.344 e. The average Bonchev–Trinajstić information content (AvgIpc) is 2.98. The van der Waals surface area contributed by atoms with Gasteiger partial charge in [0.25, 0.3) is 0 Å². The number of carbonyl (C=O) groups excluding carboxylic acids is 2. The van der Waals surface area contributed by atoms with E-state index in [0.29, 0.717) is 16.8 Å². The Balaban J connectivity index is 2.25. The summed E-state index contributed by atoms with van der Waals surface area (Å²) in [5, 5.41) is 0.395. The third-order valence-electron chi connectivity index (χ3n) is 3.74. The highest BCUT2D eigenvalue weighted by Gasteiger charge is 2.27. The molecule has 134 valence electrons. The number of aromatic nitrogens is 2. The summed E-state index contributed by atoms with van der Waals surface area (Å²) >= 11 is 0. The monoisotopic (exact) mass is 354 g/mol.